The Labute approximate surface area is 115 Å². The molecule has 0 unspecified atom stereocenters. The number of morpholine rings is 1. The van der Waals surface area contributed by atoms with E-state index in [1.165, 1.54) is 4.31 Å². The molecule has 2 saturated heterocycles. The van der Waals surface area contributed by atoms with E-state index in [1.54, 1.807) is 4.31 Å². The van der Waals surface area contributed by atoms with Crippen LogP contribution in [0.1, 0.15) is 6.92 Å². The summed E-state index contributed by atoms with van der Waals surface area (Å²) in [5.41, 5.74) is 1.12. The standard InChI is InChI=1S/C12H23N3O3S/c1-12(2)11-13-3-5-14(6-4-13)19(16,17)15-7-9-18-10-8-15/h1,3-11H2,2H3. The minimum absolute atomic E-state index is 0.467. The lowest BCUT2D eigenvalue weighted by Crippen LogP contribution is -2.55. The fourth-order valence-electron chi connectivity index (χ4n) is 2.44. The van der Waals surface area contributed by atoms with Crippen LogP contribution in [0.4, 0.5) is 0 Å². The van der Waals surface area contributed by atoms with Gasteiger partial charge < -0.3 is 4.74 Å². The molecule has 2 heterocycles. The summed E-state index contributed by atoms with van der Waals surface area (Å²) in [5.74, 6) is 0. The Bertz CT molecular complexity index is 410. The first-order valence-corrected chi connectivity index (χ1v) is 8.09. The SMILES string of the molecule is C=C(C)CN1CCN(S(=O)(=O)N2CCOCC2)CC1. The quantitative estimate of drug-likeness (QED) is 0.670. The molecule has 6 nitrogen and oxygen atoms in total. The highest BCUT2D eigenvalue weighted by molar-refractivity contribution is 7.86. The molecule has 110 valence electrons. The molecule has 2 fully saturated rings. The van der Waals surface area contributed by atoms with Crippen LogP contribution in [-0.4, -0.2) is 81.0 Å². The van der Waals surface area contributed by atoms with E-state index in [2.05, 4.69) is 11.5 Å². The Morgan fingerprint density at radius 3 is 2.11 bits per heavy atom. The zero-order chi connectivity index (χ0) is 13.9. The van der Waals surface area contributed by atoms with Gasteiger partial charge in [-0.05, 0) is 6.92 Å². The molecule has 0 aromatic heterocycles. The molecule has 2 aliphatic heterocycles. The van der Waals surface area contributed by atoms with Gasteiger partial charge in [-0.3, -0.25) is 4.90 Å². The van der Waals surface area contributed by atoms with E-state index < -0.39 is 10.2 Å². The minimum Gasteiger partial charge on any atom is -0.379 e. The van der Waals surface area contributed by atoms with Gasteiger partial charge in [0.05, 0.1) is 13.2 Å². The average Bonchev–Trinajstić information content (AvgIpc) is 2.40. The van der Waals surface area contributed by atoms with Crippen molar-refractivity contribution < 1.29 is 13.2 Å². The Morgan fingerprint density at radius 2 is 1.58 bits per heavy atom. The molecule has 7 heteroatoms. The summed E-state index contributed by atoms with van der Waals surface area (Å²) in [7, 11) is -3.30. The van der Waals surface area contributed by atoms with Gasteiger partial charge in [-0.15, -0.1) is 0 Å². The van der Waals surface area contributed by atoms with Gasteiger partial charge in [0.1, 0.15) is 0 Å². The largest absolute Gasteiger partial charge is 0.379 e. The maximum atomic E-state index is 12.4. The number of piperazine rings is 1. The van der Waals surface area contributed by atoms with Crippen LogP contribution in [0.2, 0.25) is 0 Å². The van der Waals surface area contributed by atoms with Crippen molar-refractivity contribution in [3.05, 3.63) is 12.2 Å². The summed E-state index contributed by atoms with van der Waals surface area (Å²) in [6, 6.07) is 0. The van der Waals surface area contributed by atoms with Crippen molar-refractivity contribution >= 4 is 10.2 Å². The monoisotopic (exact) mass is 289 g/mol. The lowest BCUT2D eigenvalue weighted by molar-refractivity contribution is 0.0687. The molecule has 0 atom stereocenters. The number of hydrogen-bond donors (Lipinski definition) is 0. The van der Waals surface area contributed by atoms with Gasteiger partial charge in [0, 0.05) is 45.8 Å². The smallest absolute Gasteiger partial charge is 0.282 e. The second-order valence-electron chi connectivity index (χ2n) is 5.15. The molecular formula is C12H23N3O3S. The van der Waals surface area contributed by atoms with Crippen molar-refractivity contribution in [2.75, 3.05) is 59.0 Å². The zero-order valence-electron chi connectivity index (χ0n) is 11.5. The zero-order valence-corrected chi connectivity index (χ0v) is 12.4. The van der Waals surface area contributed by atoms with Crippen LogP contribution < -0.4 is 0 Å². The van der Waals surface area contributed by atoms with Crippen LogP contribution in [0.5, 0.6) is 0 Å². The van der Waals surface area contributed by atoms with Crippen molar-refractivity contribution in [3.63, 3.8) is 0 Å². The van der Waals surface area contributed by atoms with Gasteiger partial charge in [-0.25, -0.2) is 0 Å². The van der Waals surface area contributed by atoms with E-state index in [9.17, 15) is 8.42 Å². The minimum atomic E-state index is -3.30. The van der Waals surface area contributed by atoms with E-state index in [-0.39, 0.29) is 0 Å². The van der Waals surface area contributed by atoms with Crippen LogP contribution in [0.25, 0.3) is 0 Å². The van der Waals surface area contributed by atoms with Gasteiger partial charge in [0.25, 0.3) is 10.2 Å². The van der Waals surface area contributed by atoms with E-state index in [1.807, 2.05) is 6.92 Å². The molecule has 0 aliphatic carbocycles. The molecule has 0 bridgehead atoms. The summed E-state index contributed by atoms with van der Waals surface area (Å²) < 4.78 is 33.2. The number of ether oxygens (including phenoxy) is 1. The predicted molar refractivity (Wildman–Crippen MR) is 74.1 cm³/mol. The lowest BCUT2D eigenvalue weighted by atomic mass is 10.3. The van der Waals surface area contributed by atoms with Crippen LogP contribution in [-0.2, 0) is 14.9 Å². The van der Waals surface area contributed by atoms with Crippen molar-refractivity contribution in [2.45, 2.75) is 6.92 Å². The Hall–Kier alpha value is -0.470. The fraction of sp³-hybridized carbons (Fsp3) is 0.833. The van der Waals surface area contributed by atoms with Crippen LogP contribution in [0.3, 0.4) is 0 Å². The Kier molecular flexibility index (Phi) is 4.97. The Morgan fingerprint density at radius 1 is 1.05 bits per heavy atom. The second-order valence-corrected chi connectivity index (χ2v) is 7.08. The number of hydrogen-bond acceptors (Lipinski definition) is 4. The van der Waals surface area contributed by atoms with Gasteiger partial charge in [0.15, 0.2) is 0 Å². The first-order valence-electron chi connectivity index (χ1n) is 6.70. The normalized spacial score (nSPS) is 24.5. The third-order valence-electron chi connectivity index (χ3n) is 3.45. The van der Waals surface area contributed by atoms with Crippen LogP contribution in [0.15, 0.2) is 12.2 Å². The van der Waals surface area contributed by atoms with Gasteiger partial charge in [-0.1, -0.05) is 12.2 Å². The highest BCUT2D eigenvalue weighted by Crippen LogP contribution is 2.14. The third kappa shape index (κ3) is 3.76. The average molecular weight is 289 g/mol. The van der Waals surface area contributed by atoms with E-state index in [4.69, 9.17) is 4.74 Å². The highest BCUT2D eigenvalue weighted by atomic mass is 32.2. The summed E-state index contributed by atoms with van der Waals surface area (Å²) >= 11 is 0. The second kappa shape index (κ2) is 6.32. The van der Waals surface area contributed by atoms with E-state index in [0.717, 1.165) is 25.2 Å². The van der Waals surface area contributed by atoms with E-state index in [0.29, 0.717) is 39.4 Å². The molecule has 2 aliphatic rings. The summed E-state index contributed by atoms with van der Waals surface area (Å²) in [6.45, 7) is 11.3. The van der Waals surface area contributed by atoms with E-state index >= 15 is 0 Å². The topological polar surface area (TPSA) is 53.1 Å². The Balaban J connectivity index is 1.90. The molecular weight excluding hydrogens is 266 g/mol. The van der Waals surface area contributed by atoms with Crippen molar-refractivity contribution in [2.24, 2.45) is 0 Å². The lowest BCUT2D eigenvalue weighted by Gasteiger charge is -2.37. The summed E-state index contributed by atoms with van der Waals surface area (Å²) in [5, 5.41) is 0. The van der Waals surface area contributed by atoms with Crippen molar-refractivity contribution in [3.8, 4) is 0 Å². The van der Waals surface area contributed by atoms with Crippen LogP contribution >= 0.6 is 0 Å². The molecule has 19 heavy (non-hydrogen) atoms. The number of nitrogens with zero attached hydrogens (tertiary/aromatic N) is 3. The molecule has 0 aromatic rings. The first kappa shape index (κ1) is 14.9. The van der Waals surface area contributed by atoms with Crippen LogP contribution in [0, 0.1) is 0 Å². The highest BCUT2D eigenvalue weighted by Gasteiger charge is 2.32. The molecule has 0 saturated carbocycles. The number of rotatable bonds is 4. The first-order chi connectivity index (χ1) is 9.00. The fourth-order valence-corrected chi connectivity index (χ4v) is 4.00. The summed E-state index contributed by atoms with van der Waals surface area (Å²) in [4.78, 5) is 2.24. The molecule has 0 radical (unpaired) electrons. The van der Waals surface area contributed by atoms with Crippen molar-refractivity contribution in [1.29, 1.82) is 0 Å². The van der Waals surface area contributed by atoms with Gasteiger partial charge in [0.2, 0.25) is 0 Å². The molecule has 0 amide bonds. The van der Waals surface area contributed by atoms with Gasteiger partial charge in [-0.2, -0.15) is 17.0 Å². The van der Waals surface area contributed by atoms with Crippen molar-refractivity contribution in [1.82, 2.24) is 13.5 Å². The maximum Gasteiger partial charge on any atom is 0.282 e. The third-order valence-corrected chi connectivity index (χ3v) is 5.48. The predicted octanol–water partition coefficient (Wildman–Crippen LogP) is -0.243. The van der Waals surface area contributed by atoms with Gasteiger partial charge >= 0.3 is 0 Å². The molecule has 0 aromatic carbocycles. The summed E-state index contributed by atoms with van der Waals surface area (Å²) in [6.07, 6.45) is 0. The molecule has 0 N–H and O–H groups in total. The maximum absolute atomic E-state index is 12.4. The molecule has 2 rings (SSSR count). The molecule has 0 spiro atoms.